The quantitative estimate of drug-likeness (QED) is 0.925. The fraction of sp³-hybridized carbons (Fsp3) is 0.812. The number of nitrogens with one attached hydrogen (secondary N) is 1. The van der Waals surface area contributed by atoms with Crippen molar-refractivity contribution in [3.05, 3.63) is 11.7 Å². The van der Waals surface area contributed by atoms with Gasteiger partial charge in [-0.15, -0.1) is 0 Å². The summed E-state index contributed by atoms with van der Waals surface area (Å²) >= 11 is 0. The Kier molecular flexibility index (Phi) is 3.05. The molecule has 3 saturated carbocycles. The van der Waals surface area contributed by atoms with E-state index in [4.69, 9.17) is 4.52 Å². The van der Waals surface area contributed by atoms with E-state index in [1.165, 1.54) is 25.7 Å². The van der Waals surface area contributed by atoms with Crippen LogP contribution in [0.3, 0.4) is 0 Å². The summed E-state index contributed by atoms with van der Waals surface area (Å²) < 4.78 is 5.55. The van der Waals surface area contributed by atoms with Crippen LogP contribution >= 0.6 is 0 Å². The molecule has 0 unspecified atom stereocenters. The average Bonchev–Trinajstić information content (AvgIpc) is 2.90. The van der Waals surface area contributed by atoms with Crippen LogP contribution in [0, 0.1) is 17.8 Å². The topological polar surface area (TPSA) is 68.0 Å². The molecule has 3 fully saturated rings. The molecule has 1 amide bonds. The number of rotatable bonds is 4. The lowest BCUT2D eigenvalue weighted by molar-refractivity contribution is -0.128. The first-order valence-electron chi connectivity index (χ1n) is 8.27. The molecule has 2 bridgehead atoms. The molecule has 5 nitrogen and oxygen atoms in total. The van der Waals surface area contributed by atoms with Crippen LogP contribution < -0.4 is 5.32 Å². The van der Waals surface area contributed by atoms with Gasteiger partial charge >= 0.3 is 0 Å². The van der Waals surface area contributed by atoms with Crippen LogP contribution in [0.5, 0.6) is 0 Å². The monoisotopic (exact) mass is 289 g/mol. The summed E-state index contributed by atoms with van der Waals surface area (Å²) in [5, 5.41) is 7.23. The van der Waals surface area contributed by atoms with Gasteiger partial charge in [0.15, 0.2) is 5.82 Å². The van der Waals surface area contributed by atoms with E-state index in [9.17, 15) is 4.79 Å². The summed E-state index contributed by atoms with van der Waals surface area (Å²) in [7, 11) is 0. The van der Waals surface area contributed by atoms with Gasteiger partial charge in [-0.2, -0.15) is 4.98 Å². The molecule has 1 aromatic heterocycles. The van der Waals surface area contributed by atoms with Gasteiger partial charge in [0.1, 0.15) is 0 Å². The van der Waals surface area contributed by atoms with Crippen molar-refractivity contribution in [3.63, 3.8) is 0 Å². The summed E-state index contributed by atoms with van der Waals surface area (Å²) in [6.45, 7) is 4.02. The van der Waals surface area contributed by atoms with Crippen LogP contribution in [-0.4, -0.2) is 22.1 Å². The SMILES string of the molecule is CC(C)NC(=O)[C@H]1[C@H]2CC[C@H](C2)[C@@H]1c1nc(C2CC2)no1. The third-order valence-electron chi connectivity index (χ3n) is 5.34. The number of carbonyl (C=O) groups is 1. The Morgan fingerprint density at radius 1 is 1.24 bits per heavy atom. The zero-order valence-corrected chi connectivity index (χ0v) is 12.7. The van der Waals surface area contributed by atoms with Crippen LogP contribution in [0.4, 0.5) is 0 Å². The summed E-state index contributed by atoms with van der Waals surface area (Å²) in [6.07, 6.45) is 5.85. The molecule has 3 aliphatic carbocycles. The number of aromatic nitrogens is 2. The number of fused-ring (bicyclic) bond motifs is 2. The van der Waals surface area contributed by atoms with Crippen LogP contribution in [0.25, 0.3) is 0 Å². The molecule has 1 N–H and O–H groups in total. The van der Waals surface area contributed by atoms with Gasteiger partial charge < -0.3 is 9.84 Å². The molecule has 0 aliphatic heterocycles. The first-order chi connectivity index (χ1) is 10.1. The van der Waals surface area contributed by atoms with Crippen molar-refractivity contribution in [2.45, 2.75) is 63.8 Å². The van der Waals surface area contributed by atoms with Crippen LogP contribution in [0.1, 0.15) is 69.5 Å². The van der Waals surface area contributed by atoms with E-state index in [1.54, 1.807) is 0 Å². The number of hydrogen-bond donors (Lipinski definition) is 1. The number of carbonyl (C=O) groups excluding carboxylic acids is 1. The highest BCUT2D eigenvalue weighted by Gasteiger charge is 2.53. The molecule has 3 aliphatic rings. The number of amides is 1. The highest BCUT2D eigenvalue weighted by atomic mass is 16.5. The molecule has 0 radical (unpaired) electrons. The molecule has 0 spiro atoms. The summed E-state index contributed by atoms with van der Waals surface area (Å²) in [4.78, 5) is 17.2. The molecule has 21 heavy (non-hydrogen) atoms. The molecule has 1 heterocycles. The zero-order valence-electron chi connectivity index (χ0n) is 12.7. The molecule has 0 aromatic carbocycles. The van der Waals surface area contributed by atoms with Gasteiger partial charge in [-0.1, -0.05) is 5.16 Å². The van der Waals surface area contributed by atoms with Crippen molar-refractivity contribution in [3.8, 4) is 0 Å². The molecule has 4 rings (SSSR count). The van der Waals surface area contributed by atoms with Crippen LogP contribution in [0.2, 0.25) is 0 Å². The van der Waals surface area contributed by atoms with E-state index >= 15 is 0 Å². The second-order valence-electron chi connectivity index (χ2n) is 7.31. The van der Waals surface area contributed by atoms with Crippen molar-refractivity contribution >= 4 is 5.91 Å². The Morgan fingerprint density at radius 3 is 2.71 bits per heavy atom. The second kappa shape index (κ2) is 4.82. The van der Waals surface area contributed by atoms with Gasteiger partial charge in [0, 0.05) is 12.0 Å². The van der Waals surface area contributed by atoms with Crippen LogP contribution in [0.15, 0.2) is 4.52 Å². The molecular formula is C16H23N3O2. The van der Waals surface area contributed by atoms with Gasteiger partial charge in [-0.25, -0.2) is 0 Å². The van der Waals surface area contributed by atoms with Gasteiger partial charge in [-0.3, -0.25) is 4.79 Å². The Hall–Kier alpha value is -1.39. The van der Waals surface area contributed by atoms with Gasteiger partial charge in [-0.05, 0) is 57.8 Å². The van der Waals surface area contributed by atoms with E-state index in [-0.39, 0.29) is 23.8 Å². The molecule has 114 valence electrons. The maximum absolute atomic E-state index is 12.6. The predicted octanol–water partition coefficient (Wildman–Crippen LogP) is 2.60. The maximum Gasteiger partial charge on any atom is 0.230 e. The van der Waals surface area contributed by atoms with Crippen molar-refractivity contribution in [1.29, 1.82) is 0 Å². The van der Waals surface area contributed by atoms with Gasteiger partial charge in [0.05, 0.1) is 11.8 Å². The van der Waals surface area contributed by atoms with Gasteiger partial charge in [0.2, 0.25) is 11.8 Å². The molecule has 5 heteroatoms. The largest absolute Gasteiger partial charge is 0.354 e. The second-order valence-corrected chi connectivity index (χ2v) is 7.31. The van der Waals surface area contributed by atoms with Crippen molar-refractivity contribution in [2.24, 2.45) is 17.8 Å². The molecular weight excluding hydrogens is 266 g/mol. The first kappa shape index (κ1) is 13.3. The van der Waals surface area contributed by atoms with E-state index < -0.39 is 0 Å². The third-order valence-corrected chi connectivity index (χ3v) is 5.34. The molecule has 4 atom stereocenters. The lowest BCUT2D eigenvalue weighted by atomic mass is 9.78. The van der Waals surface area contributed by atoms with E-state index in [2.05, 4.69) is 15.5 Å². The fourth-order valence-electron chi connectivity index (χ4n) is 4.29. The van der Waals surface area contributed by atoms with Crippen molar-refractivity contribution in [1.82, 2.24) is 15.5 Å². The zero-order chi connectivity index (χ0) is 14.6. The Morgan fingerprint density at radius 2 is 2.00 bits per heavy atom. The summed E-state index contributed by atoms with van der Waals surface area (Å²) in [5.41, 5.74) is 0. The minimum atomic E-state index is 0.0265. The Balaban J connectivity index is 1.59. The number of hydrogen-bond acceptors (Lipinski definition) is 4. The average molecular weight is 289 g/mol. The molecule has 1 aromatic rings. The molecule has 0 saturated heterocycles. The first-order valence-corrected chi connectivity index (χ1v) is 8.27. The highest BCUT2D eigenvalue weighted by molar-refractivity contribution is 5.80. The standard InChI is InChI=1S/C16H23N3O2/c1-8(2)17-15(20)12-10-5-6-11(7-10)13(12)16-18-14(19-21-16)9-3-4-9/h8-13H,3-7H2,1-2H3,(H,17,20)/t10-,11+,12-,13-/m0/s1. The van der Waals surface area contributed by atoms with Crippen LogP contribution in [-0.2, 0) is 4.79 Å². The van der Waals surface area contributed by atoms with E-state index in [0.717, 1.165) is 12.2 Å². The van der Waals surface area contributed by atoms with Gasteiger partial charge in [0.25, 0.3) is 0 Å². The minimum Gasteiger partial charge on any atom is -0.354 e. The maximum atomic E-state index is 12.6. The van der Waals surface area contributed by atoms with E-state index in [1.807, 2.05) is 13.8 Å². The number of nitrogens with zero attached hydrogens (tertiary/aromatic N) is 2. The van der Waals surface area contributed by atoms with Crippen molar-refractivity contribution < 1.29 is 9.32 Å². The normalized spacial score (nSPS) is 34.6. The highest BCUT2D eigenvalue weighted by Crippen LogP contribution is 2.56. The smallest absolute Gasteiger partial charge is 0.230 e. The Bertz CT molecular complexity index is 549. The lowest BCUT2D eigenvalue weighted by Crippen LogP contribution is -2.40. The third kappa shape index (κ3) is 2.27. The minimum absolute atomic E-state index is 0.0265. The predicted molar refractivity (Wildman–Crippen MR) is 76.6 cm³/mol. The lowest BCUT2D eigenvalue weighted by Gasteiger charge is -2.28. The summed E-state index contributed by atoms with van der Waals surface area (Å²) in [6, 6.07) is 0.182. The fourth-order valence-corrected chi connectivity index (χ4v) is 4.29. The Labute approximate surface area is 124 Å². The summed E-state index contributed by atoms with van der Waals surface area (Å²) in [5.74, 6) is 3.46. The van der Waals surface area contributed by atoms with E-state index in [0.29, 0.717) is 23.6 Å². The van der Waals surface area contributed by atoms with Crippen molar-refractivity contribution in [2.75, 3.05) is 0 Å².